The molecule has 1 heterocycles. The Morgan fingerprint density at radius 3 is 2.68 bits per heavy atom. The van der Waals surface area contributed by atoms with Crippen molar-refractivity contribution >= 4 is 11.9 Å². The number of hydrogen-bond acceptors (Lipinski definition) is 3. The highest BCUT2D eigenvalue weighted by Crippen LogP contribution is 2.21. The lowest BCUT2D eigenvalue weighted by Gasteiger charge is -2.35. The molecule has 0 aromatic heterocycles. The molecule has 1 aliphatic carbocycles. The Kier molecular flexibility index (Phi) is 4.29. The molecule has 3 amide bonds. The number of nitrogens with one attached hydrogen (secondary N) is 2. The molecule has 1 saturated carbocycles. The fourth-order valence-corrected chi connectivity index (χ4v) is 2.94. The van der Waals surface area contributed by atoms with Crippen LogP contribution in [0, 0.1) is 0 Å². The highest BCUT2D eigenvalue weighted by molar-refractivity contribution is 5.84. The lowest BCUT2D eigenvalue weighted by atomic mass is 9.89. The molecule has 1 saturated heterocycles. The maximum absolute atomic E-state index is 12.1. The summed E-state index contributed by atoms with van der Waals surface area (Å²) in [6, 6.07) is 9.70. The van der Waals surface area contributed by atoms with Crippen LogP contribution in [0.2, 0.25) is 0 Å². The van der Waals surface area contributed by atoms with Gasteiger partial charge in [-0.05, 0) is 24.8 Å². The van der Waals surface area contributed by atoms with E-state index in [-0.39, 0.29) is 36.7 Å². The van der Waals surface area contributed by atoms with Gasteiger partial charge in [-0.15, -0.1) is 0 Å². The third-order valence-electron chi connectivity index (χ3n) is 4.29. The van der Waals surface area contributed by atoms with Gasteiger partial charge in [0, 0.05) is 12.6 Å². The third-order valence-corrected chi connectivity index (χ3v) is 4.29. The molecule has 1 unspecified atom stereocenters. The molecule has 2 aliphatic rings. The predicted octanol–water partition coefficient (Wildman–Crippen LogP) is 0.782. The molecule has 0 bridgehead atoms. The number of hydrogen-bond donors (Lipinski definition) is 3. The number of rotatable bonds is 4. The lowest BCUT2D eigenvalue weighted by molar-refractivity contribution is -0.123. The van der Waals surface area contributed by atoms with Crippen molar-refractivity contribution < 1.29 is 14.7 Å². The van der Waals surface area contributed by atoms with Crippen molar-refractivity contribution in [3.8, 4) is 0 Å². The Morgan fingerprint density at radius 2 is 2.05 bits per heavy atom. The Labute approximate surface area is 129 Å². The molecular weight excluding hydrogens is 282 g/mol. The number of carbonyl (C=O) groups excluding carboxylic acids is 2. The highest BCUT2D eigenvalue weighted by Gasteiger charge is 2.31. The SMILES string of the molecule is O=C(CN1CCC(c2ccccc2)NC1=O)NC1CC(O)C1. The molecule has 1 atom stereocenters. The van der Waals surface area contributed by atoms with Crippen LogP contribution in [0.25, 0.3) is 0 Å². The zero-order valence-electron chi connectivity index (χ0n) is 12.4. The minimum absolute atomic E-state index is 0.00907. The summed E-state index contributed by atoms with van der Waals surface area (Å²) >= 11 is 0. The molecule has 3 rings (SSSR count). The zero-order valence-corrected chi connectivity index (χ0v) is 12.4. The fraction of sp³-hybridized carbons (Fsp3) is 0.500. The molecule has 118 valence electrons. The first-order chi connectivity index (χ1) is 10.6. The van der Waals surface area contributed by atoms with E-state index in [2.05, 4.69) is 10.6 Å². The van der Waals surface area contributed by atoms with Crippen LogP contribution in [-0.4, -0.2) is 47.2 Å². The number of urea groups is 1. The van der Waals surface area contributed by atoms with Crippen molar-refractivity contribution in [1.82, 2.24) is 15.5 Å². The van der Waals surface area contributed by atoms with E-state index in [0.717, 1.165) is 12.0 Å². The smallest absolute Gasteiger partial charge is 0.318 e. The summed E-state index contributed by atoms with van der Waals surface area (Å²) in [7, 11) is 0. The Hall–Kier alpha value is -2.08. The van der Waals surface area contributed by atoms with Crippen LogP contribution in [0.3, 0.4) is 0 Å². The minimum atomic E-state index is -0.296. The second-order valence-electron chi connectivity index (χ2n) is 6.01. The molecule has 1 aromatic carbocycles. The number of carbonyl (C=O) groups is 2. The van der Waals surface area contributed by atoms with Crippen molar-refractivity contribution in [2.75, 3.05) is 13.1 Å². The zero-order chi connectivity index (χ0) is 15.5. The average molecular weight is 303 g/mol. The quantitative estimate of drug-likeness (QED) is 0.769. The molecule has 0 radical (unpaired) electrons. The normalized spacial score (nSPS) is 27.8. The summed E-state index contributed by atoms with van der Waals surface area (Å²) in [6.45, 7) is 0.631. The Morgan fingerprint density at radius 1 is 1.32 bits per heavy atom. The predicted molar refractivity (Wildman–Crippen MR) is 81.1 cm³/mol. The average Bonchev–Trinajstić information content (AvgIpc) is 2.49. The van der Waals surface area contributed by atoms with Gasteiger partial charge in [0.25, 0.3) is 0 Å². The van der Waals surface area contributed by atoms with Crippen molar-refractivity contribution in [2.24, 2.45) is 0 Å². The molecule has 6 nitrogen and oxygen atoms in total. The summed E-state index contributed by atoms with van der Waals surface area (Å²) < 4.78 is 0. The van der Waals surface area contributed by atoms with E-state index in [1.807, 2.05) is 30.3 Å². The van der Waals surface area contributed by atoms with Crippen molar-refractivity contribution in [3.05, 3.63) is 35.9 Å². The molecular formula is C16H21N3O3. The van der Waals surface area contributed by atoms with E-state index in [4.69, 9.17) is 0 Å². The number of aliphatic hydroxyl groups excluding tert-OH is 1. The molecule has 1 aliphatic heterocycles. The molecule has 6 heteroatoms. The van der Waals surface area contributed by atoms with Crippen LogP contribution >= 0.6 is 0 Å². The fourth-order valence-electron chi connectivity index (χ4n) is 2.94. The second kappa shape index (κ2) is 6.36. The van der Waals surface area contributed by atoms with Crippen LogP contribution in [0.5, 0.6) is 0 Å². The first-order valence-corrected chi connectivity index (χ1v) is 7.69. The van der Waals surface area contributed by atoms with Crippen LogP contribution in [0.1, 0.15) is 30.9 Å². The highest BCUT2D eigenvalue weighted by atomic mass is 16.3. The standard InChI is InChI=1S/C16H21N3O3/c20-13-8-12(9-13)17-15(21)10-19-7-6-14(18-16(19)22)11-4-2-1-3-5-11/h1-5,12-14,20H,6-10H2,(H,17,21)(H,18,22). The van der Waals surface area contributed by atoms with Crippen LogP contribution in [0.15, 0.2) is 30.3 Å². The van der Waals surface area contributed by atoms with Gasteiger partial charge in [0.05, 0.1) is 12.1 Å². The topological polar surface area (TPSA) is 81.7 Å². The lowest BCUT2D eigenvalue weighted by Crippen LogP contribution is -2.54. The van der Waals surface area contributed by atoms with Gasteiger partial charge in [-0.25, -0.2) is 4.79 Å². The van der Waals surface area contributed by atoms with E-state index in [0.29, 0.717) is 19.4 Å². The molecule has 22 heavy (non-hydrogen) atoms. The number of nitrogens with zero attached hydrogens (tertiary/aromatic N) is 1. The summed E-state index contributed by atoms with van der Waals surface area (Å²) in [5.41, 5.74) is 1.09. The number of benzene rings is 1. The molecule has 3 N–H and O–H groups in total. The maximum Gasteiger partial charge on any atom is 0.318 e. The number of amides is 3. The third kappa shape index (κ3) is 3.39. The van der Waals surface area contributed by atoms with Crippen LogP contribution in [-0.2, 0) is 4.79 Å². The van der Waals surface area contributed by atoms with Crippen molar-refractivity contribution in [3.63, 3.8) is 0 Å². The minimum Gasteiger partial charge on any atom is -0.393 e. The first kappa shape index (κ1) is 14.8. The van der Waals surface area contributed by atoms with Crippen LogP contribution < -0.4 is 10.6 Å². The van der Waals surface area contributed by atoms with Gasteiger partial charge in [0.15, 0.2) is 0 Å². The largest absolute Gasteiger partial charge is 0.393 e. The Balaban J connectivity index is 1.48. The van der Waals surface area contributed by atoms with E-state index in [1.165, 1.54) is 4.90 Å². The summed E-state index contributed by atoms with van der Waals surface area (Å²) in [5, 5.41) is 15.0. The monoisotopic (exact) mass is 303 g/mol. The molecule has 1 aromatic rings. The van der Waals surface area contributed by atoms with Gasteiger partial charge in [0.2, 0.25) is 5.91 Å². The molecule has 2 fully saturated rings. The van der Waals surface area contributed by atoms with Crippen molar-refractivity contribution in [2.45, 2.75) is 37.5 Å². The van der Waals surface area contributed by atoms with E-state index < -0.39 is 0 Å². The van der Waals surface area contributed by atoms with Gasteiger partial charge < -0.3 is 20.6 Å². The summed E-state index contributed by atoms with van der Waals surface area (Å²) in [5.74, 6) is -0.162. The van der Waals surface area contributed by atoms with Gasteiger partial charge in [-0.1, -0.05) is 30.3 Å². The van der Waals surface area contributed by atoms with Crippen molar-refractivity contribution in [1.29, 1.82) is 0 Å². The van der Waals surface area contributed by atoms with E-state index in [1.54, 1.807) is 0 Å². The second-order valence-corrected chi connectivity index (χ2v) is 6.01. The van der Waals surface area contributed by atoms with Crippen LogP contribution in [0.4, 0.5) is 4.79 Å². The van der Waals surface area contributed by atoms with Gasteiger partial charge >= 0.3 is 6.03 Å². The number of aliphatic hydroxyl groups is 1. The Bertz CT molecular complexity index is 543. The van der Waals surface area contributed by atoms with E-state index in [9.17, 15) is 14.7 Å². The maximum atomic E-state index is 12.1. The van der Waals surface area contributed by atoms with E-state index >= 15 is 0 Å². The van der Waals surface area contributed by atoms with Gasteiger partial charge in [-0.3, -0.25) is 4.79 Å². The van der Waals surface area contributed by atoms with Gasteiger partial charge in [-0.2, -0.15) is 0 Å². The first-order valence-electron chi connectivity index (χ1n) is 7.69. The molecule has 0 spiro atoms. The summed E-state index contributed by atoms with van der Waals surface area (Å²) in [6.07, 6.45) is 1.70. The summed E-state index contributed by atoms with van der Waals surface area (Å²) in [4.78, 5) is 25.6. The van der Waals surface area contributed by atoms with Gasteiger partial charge in [0.1, 0.15) is 6.54 Å².